The number of nitrogens with zero attached hydrogens (tertiary/aromatic N) is 3. The molecule has 5 nitrogen and oxygen atoms in total. The van der Waals surface area contributed by atoms with E-state index in [0.717, 1.165) is 37.2 Å². The average molecular weight is 366 g/mol. The van der Waals surface area contributed by atoms with Gasteiger partial charge in [0.1, 0.15) is 5.75 Å². The highest BCUT2D eigenvalue weighted by molar-refractivity contribution is 5.29. The summed E-state index contributed by atoms with van der Waals surface area (Å²) in [5.41, 5.74) is 1.69. The highest BCUT2D eigenvalue weighted by Crippen LogP contribution is 2.24. The second kappa shape index (κ2) is 7.90. The van der Waals surface area contributed by atoms with Gasteiger partial charge < -0.3 is 10.1 Å². The summed E-state index contributed by atoms with van der Waals surface area (Å²) >= 11 is 0. The molecule has 140 valence electrons. The van der Waals surface area contributed by atoms with E-state index in [1.165, 1.54) is 12.1 Å². The van der Waals surface area contributed by atoms with E-state index in [0.29, 0.717) is 12.5 Å². The number of alkyl halides is 3. The lowest BCUT2D eigenvalue weighted by molar-refractivity contribution is -0.274. The Hall–Kier alpha value is -2.35. The Morgan fingerprint density at radius 3 is 2.92 bits per heavy atom. The summed E-state index contributed by atoms with van der Waals surface area (Å²) in [5.74, 6) is 0.423. The standard InChI is InChI=1S/C18H21F3N4O/c1-13-7-8-22-17(23-13)24-15-5-3-9-25(12-15)11-14-4-2-6-16(10-14)26-18(19,20)21/h2,4,6-8,10,15H,3,5,9,11-12H2,1H3,(H,22,23,24). The first-order valence-electron chi connectivity index (χ1n) is 8.50. The number of benzene rings is 1. The normalized spacial score (nSPS) is 18.5. The van der Waals surface area contributed by atoms with Crippen molar-refractivity contribution in [1.29, 1.82) is 0 Å². The number of anilines is 1. The molecule has 0 spiro atoms. The molecule has 1 fully saturated rings. The topological polar surface area (TPSA) is 50.3 Å². The Morgan fingerprint density at radius 1 is 1.31 bits per heavy atom. The third-order valence-corrected chi connectivity index (χ3v) is 4.17. The lowest BCUT2D eigenvalue weighted by Crippen LogP contribution is -2.41. The third-order valence-electron chi connectivity index (χ3n) is 4.17. The van der Waals surface area contributed by atoms with E-state index in [1.807, 2.05) is 19.1 Å². The molecule has 2 heterocycles. The van der Waals surface area contributed by atoms with Crippen LogP contribution in [0.2, 0.25) is 0 Å². The minimum Gasteiger partial charge on any atom is -0.406 e. The monoisotopic (exact) mass is 366 g/mol. The third kappa shape index (κ3) is 5.59. The summed E-state index contributed by atoms with van der Waals surface area (Å²) < 4.78 is 41.1. The maximum absolute atomic E-state index is 12.4. The van der Waals surface area contributed by atoms with Gasteiger partial charge in [-0.1, -0.05) is 12.1 Å². The molecule has 0 bridgehead atoms. The maximum Gasteiger partial charge on any atom is 0.573 e. The Morgan fingerprint density at radius 2 is 2.15 bits per heavy atom. The zero-order valence-electron chi connectivity index (χ0n) is 14.5. The summed E-state index contributed by atoms with van der Waals surface area (Å²) in [5, 5.41) is 3.34. The van der Waals surface area contributed by atoms with Crippen molar-refractivity contribution in [3.8, 4) is 5.75 Å². The summed E-state index contributed by atoms with van der Waals surface area (Å²) in [4.78, 5) is 10.8. The Bertz CT molecular complexity index is 738. The van der Waals surface area contributed by atoms with E-state index in [1.54, 1.807) is 12.3 Å². The minimum atomic E-state index is -4.67. The van der Waals surface area contributed by atoms with E-state index in [4.69, 9.17) is 0 Å². The largest absolute Gasteiger partial charge is 0.573 e. The van der Waals surface area contributed by atoms with Crippen LogP contribution < -0.4 is 10.1 Å². The molecule has 0 aliphatic carbocycles. The fourth-order valence-corrected chi connectivity index (χ4v) is 3.12. The average Bonchev–Trinajstić information content (AvgIpc) is 2.54. The molecule has 2 aromatic rings. The number of rotatable bonds is 5. The lowest BCUT2D eigenvalue weighted by Gasteiger charge is -2.33. The van der Waals surface area contributed by atoms with Crippen LogP contribution in [-0.2, 0) is 6.54 Å². The van der Waals surface area contributed by atoms with Gasteiger partial charge in [0, 0.05) is 31.0 Å². The second-order valence-corrected chi connectivity index (χ2v) is 6.44. The number of hydrogen-bond acceptors (Lipinski definition) is 5. The van der Waals surface area contributed by atoms with Crippen LogP contribution in [0.3, 0.4) is 0 Å². The van der Waals surface area contributed by atoms with Crippen LogP contribution >= 0.6 is 0 Å². The molecule has 1 atom stereocenters. The van der Waals surface area contributed by atoms with Crippen LogP contribution in [0.15, 0.2) is 36.5 Å². The number of aromatic nitrogens is 2. The van der Waals surface area contributed by atoms with Gasteiger partial charge in [0.25, 0.3) is 0 Å². The van der Waals surface area contributed by atoms with E-state index in [-0.39, 0.29) is 11.8 Å². The number of halogens is 3. The molecule has 1 aromatic heterocycles. The van der Waals surface area contributed by atoms with Gasteiger partial charge in [0.05, 0.1) is 0 Å². The Labute approximate surface area is 150 Å². The molecule has 1 N–H and O–H groups in total. The molecular weight excluding hydrogens is 345 g/mol. The van der Waals surface area contributed by atoms with Crippen molar-refractivity contribution in [2.45, 2.75) is 38.7 Å². The molecule has 0 radical (unpaired) electrons. The summed E-state index contributed by atoms with van der Waals surface area (Å²) in [6, 6.07) is 8.19. The van der Waals surface area contributed by atoms with Gasteiger partial charge >= 0.3 is 6.36 Å². The fourth-order valence-electron chi connectivity index (χ4n) is 3.12. The van der Waals surface area contributed by atoms with Gasteiger partial charge in [-0.3, -0.25) is 4.90 Å². The van der Waals surface area contributed by atoms with Crippen molar-refractivity contribution in [3.05, 3.63) is 47.8 Å². The first-order valence-corrected chi connectivity index (χ1v) is 8.50. The zero-order valence-corrected chi connectivity index (χ0v) is 14.5. The predicted octanol–water partition coefficient (Wildman–Crippen LogP) is 3.76. The highest BCUT2D eigenvalue weighted by Gasteiger charge is 2.31. The van der Waals surface area contributed by atoms with Crippen LogP contribution in [0.5, 0.6) is 5.75 Å². The van der Waals surface area contributed by atoms with Crippen LogP contribution in [0.1, 0.15) is 24.1 Å². The van der Waals surface area contributed by atoms with Gasteiger partial charge in [-0.25, -0.2) is 9.97 Å². The van der Waals surface area contributed by atoms with Gasteiger partial charge in [-0.2, -0.15) is 0 Å². The number of likely N-dealkylation sites (tertiary alicyclic amines) is 1. The molecular formula is C18H21F3N4O. The SMILES string of the molecule is Cc1ccnc(NC2CCCN(Cc3cccc(OC(F)(F)F)c3)C2)n1. The molecule has 1 aliphatic heterocycles. The molecule has 1 aromatic carbocycles. The summed E-state index contributed by atoms with van der Waals surface area (Å²) in [6.45, 7) is 4.16. The molecule has 8 heteroatoms. The lowest BCUT2D eigenvalue weighted by atomic mass is 10.0. The fraction of sp³-hybridized carbons (Fsp3) is 0.444. The predicted molar refractivity (Wildman–Crippen MR) is 91.8 cm³/mol. The van der Waals surface area contributed by atoms with Crippen molar-refractivity contribution in [1.82, 2.24) is 14.9 Å². The smallest absolute Gasteiger partial charge is 0.406 e. The van der Waals surface area contributed by atoms with Gasteiger partial charge in [-0.05, 0) is 50.1 Å². The molecule has 1 aliphatic rings. The van der Waals surface area contributed by atoms with E-state index in [9.17, 15) is 13.2 Å². The van der Waals surface area contributed by atoms with Crippen molar-refractivity contribution in [2.75, 3.05) is 18.4 Å². The molecule has 1 saturated heterocycles. The van der Waals surface area contributed by atoms with Crippen LogP contribution in [0.4, 0.5) is 19.1 Å². The number of nitrogens with one attached hydrogen (secondary N) is 1. The van der Waals surface area contributed by atoms with Crippen molar-refractivity contribution in [3.63, 3.8) is 0 Å². The van der Waals surface area contributed by atoms with E-state index >= 15 is 0 Å². The second-order valence-electron chi connectivity index (χ2n) is 6.44. The molecule has 1 unspecified atom stereocenters. The highest BCUT2D eigenvalue weighted by atomic mass is 19.4. The minimum absolute atomic E-state index is 0.185. The molecule has 0 saturated carbocycles. The quantitative estimate of drug-likeness (QED) is 0.873. The van der Waals surface area contributed by atoms with Crippen molar-refractivity contribution in [2.24, 2.45) is 0 Å². The van der Waals surface area contributed by atoms with Crippen molar-refractivity contribution >= 4 is 5.95 Å². The summed E-state index contributed by atoms with van der Waals surface area (Å²) in [6.07, 6.45) is -0.947. The van der Waals surface area contributed by atoms with Gasteiger partial charge in [0.15, 0.2) is 0 Å². The Balaban J connectivity index is 1.59. The van der Waals surface area contributed by atoms with E-state index < -0.39 is 6.36 Å². The number of ether oxygens (including phenoxy) is 1. The first-order chi connectivity index (χ1) is 12.4. The number of aryl methyl sites for hydroxylation is 1. The van der Waals surface area contributed by atoms with Gasteiger partial charge in [-0.15, -0.1) is 13.2 Å². The van der Waals surface area contributed by atoms with Crippen LogP contribution in [-0.4, -0.2) is 40.4 Å². The molecule has 26 heavy (non-hydrogen) atoms. The van der Waals surface area contributed by atoms with E-state index in [2.05, 4.69) is 24.9 Å². The first kappa shape index (κ1) is 18.4. The number of hydrogen-bond donors (Lipinski definition) is 1. The summed E-state index contributed by atoms with van der Waals surface area (Å²) in [7, 11) is 0. The van der Waals surface area contributed by atoms with Crippen molar-refractivity contribution < 1.29 is 17.9 Å². The number of piperidine rings is 1. The maximum atomic E-state index is 12.4. The molecule has 3 rings (SSSR count). The Kier molecular flexibility index (Phi) is 5.61. The van der Waals surface area contributed by atoms with Crippen LogP contribution in [0, 0.1) is 6.92 Å². The zero-order chi connectivity index (χ0) is 18.6. The van der Waals surface area contributed by atoms with Gasteiger partial charge in [0.2, 0.25) is 5.95 Å². The molecule has 0 amide bonds. The van der Waals surface area contributed by atoms with Crippen LogP contribution in [0.25, 0.3) is 0 Å².